The largest absolute Gasteiger partial charge is 0.295 e. The van der Waals surface area contributed by atoms with Crippen LogP contribution in [-0.4, -0.2) is 23.0 Å². The summed E-state index contributed by atoms with van der Waals surface area (Å²) in [5.74, 6) is 0.708. The Labute approximate surface area is 76.5 Å². The Bertz CT molecular complexity index is 166. The SMILES string of the molecule is C=C[C@H]1C[C@@H](C)N(C(C)(C)C)C1. The minimum absolute atomic E-state index is 0.317. The molecular weight excluding hydrogens is 146 g/mol. The quantitative estimate of drug-likeness (QED) is 0.543. The van der Waals surface area contributed by atoms with Crippen LogP contribution < -0.4 is 0 Å². The molecule has 1 aliphatic heterocycles. The standard InChI is InChI=1S/C11H21N/c1-6-10-7-9(2)12(8-10)11(3,4)5/h6,9-10H,1,7-8H2,2-5H3/t9-,10+/m1/s1. The minimum Gasteiger partial charge on any atom is -0.295 e. The summed E-state index contributed by atoms with van der Waals surface area (Å²) >= 11 is 0. The van der Waals surface area contributed by atoms with Crippen LogP contribution in [0.15, 0.2) is 12.7 Å². The Kier molecular flexibility index (Phi) is 2.62. The van der Waals surface area contributed by atoms with Crippen molar-refractivity contribution >= 4 is 0 Å². The minimum atomic E-state index is 0.317. The van der Waals surface area contributed by atoms with Crippen LogP contribution in [0.5, 0.6) is 0 Å². The first-order valence-electron chi connectivity index (χ1n) is 4.84. The zero-order valence-corrected chi connectivity index (χ0v) is 8.80. The average molecular weight is 167 g/mol. The molecule has 1 heteroatoms. The van der Waals surface area contributed by atoms with Crippen LogP contribution in [0.3, 0.4) is 0 Å². The van der Waals surface area contributed by atoms with Crippen molar-refractivity contribution in [2.75, 3.05) is 6.54 Å². The van der Waals surface area contributed by atoms with Crippen molar-refractivity contribution in [2.24, 2.45) is 5.92 Å². The Hall–Kier alpha value is -0.300. The third-order valence-electron chi connectivity index (χ3n) is 2.80. The predicted molar refractivity (Wildman–Crippen MR) is 54.2 cm³/mol. The fourth-order valence-corrected chi connectivity index (χ4v) is 2.18. The molecule has 0 unspecified atom stereocenters. The Morgan fingerprint density at radius 2 is 2.00 bits per heavy atom. The molecule has 1 fully saturated rings. The molecular formula is C11H21N. The summed E-state index contributed by atoms with van der Waals surface area (Å²) in [4.78, 5) is 2.57. The molecule has 1 nitrogen and oxygen atoms in total. The van der Waals surface area contributed by atoms with Gasteiger partial charge in [0, 0.05) is 18.1 Å². The van der Waals surface area contributed by atoms with Gasteiger partial charge in [-0.05, 0) is 40.0 Å². The monoisotopic (exact) mass is 167 g/mol. The molecule has 1 saturated heterocycles. The van der Waals surface area contributed by atoms with Gasteiger partial charge in [0.25, 0.3) is 0 Å². The van der Waals surface area contributed by atoms with E-state index in [9.17, 15) is 0 Å². The van der Waals surface area contributed by atoms with Gasteiger partial charge in [-0.2, -0.15) is 0 Å². The molecule has 1 rings (SSSR count). The van der Waals surface area contributed by atoms with E-state index in [1.54, 1.807) is 0 Å². The van der Waals surface area contributed by atoms with E-state index in [4.69, 9.17) is 0 Å². The summed E-state index contributed by atoms with van der Waals surface area (Å²) in [5.41, 5.74) is 0.317. The summed E-state index contributed by atoms with van der Waals surface area (Å²) in [6.07, 6.45) is 3.38. The highest BCUT2D eigenvalue weighted by Gasteiger charge is 2.34. The molecule has 0 spiro atoms. The van der Waals surface area contributed by atoms with Crippen LogP contribution in [0.4, 0.5) is 0 Å². The average Bonchev–Trinajstić information content (AvgIpc) is 2.29. The topological polar surface area (TPSA) is 3.24 Å². The second-order valence-electron chi connectivity index (χ2n) is 4.90. The van der Waals surface area contributed by atoms with Gasteiger partial charge in [0.2, 0.25) is 0 Å². The fourth-order valence-electron chi connectivity index (χ4n) is 2.18. The first-order valence-corrected chi connectivity index (χ1v) is 4.84. The predicted octanol–water partition coefficient (Wildman–Crippen LogP) is 2.68. The second kappa shape index (κ2) is 3.21. The lowest BCUT2D eigenvalue weighted by atomic mass is 10.1. The maximum Gasteiger partial charge on any atom is 0.0128 e. The molecule has 0 aliphatic carbocycles. The molecule has 70 valence electrons. The molecule has 0 aromatic rings. The third kappa shape index (κ3) is 1.89. The van der Waals surface area contributed by atoms with Crippen LogP contribution in [0.25, 0.3) is 0 Å². The van der Waals surface area contributed by atoms with Crippen molar-refractivity contribution < 1.29 is 0 Å². The Morgan fingerprint density at radius 1 is 1.42 bits per heavy atom. The maximum atomic E-state index is 3.87. The van der Waals surface area contributed by atoms with Gasteiger partial charge in [-0.15, -0.1) is 6.58 Å². The first-order chi connectivity index (χ1) is 5.45. The van der Waals surface area contributed by atoms with Gasteiger partial charge in [0.05, 0.1) is 0 Å². The molecule has 2 atom stereocenters. The molecule has 0 saturated carbocycles. The van der Waals surface area contributed by atoms with Crippen molar-refractivity contribution in [3.05, 3.63) is 12.7 Å². The van der Waals surface area contributed by atoms with Crippen molar-refractivity contribution in [3.8, 4) is 0 Å². The second-order valence-corrected chi connectivity index (χ2v) is 4.90. The normalized spacial score (nSPS) is 32.3. The van der Waals surface area contributed by atoms with E-state index in [0.717, 1.165) is 0 Å². The number of hydrogen-bond donors (Lipinski definition) is 0. The summed E-state index contributed by atoms with van der Waals surface area (Å²) in [5, 5.41) is 0. The van der Waals surface area contributed by atoms with Crippen molar-refractivity contribution in [3.63, 3.8) is 0 Å². The van der Waals surface area contributed by atoms with Gasteiger partial charge in [-0.3, -0.25) is 4.90 Å². The molecule has 0 N–H and O–H groups in total. The van der Waals surface area contributed by atoms with Crippen molar-refractivity contribution in [2.45, 2.75) is 45.7 Å². The zero-order valence-electron chi connectivity index (χ0n) is 8.80. The summed E-state index contributed by atoms with van der Waals surface area (Å²) in [7, 11) is 0. The lowest BCUT2D eigenvalue weighted by molar-refractivity contribution is 0.128. The summed E-state index contributed by atoms with van der Waals surface area (Å²) in [6, 6.07) is 0.716. The van der Waals surface area contributed by atoms with E-state index in [1.807, 2.05) is 0 Å². The lowest BCUT2D eigenvalue weighted by Gasteiger charge is -2.35. The van der Waals surface area contributed by atoms with Gasteiger partial charge in [-0.25, -0.2) is 0 Å². The zero-order chi connectivity index (χ0) is 9.35. The third-order valence-corrected chi connectivity index (χ3v) is 2.80. The maximum absolute atomic E-state index is 3.87. The van der Waals surface area contributed by atoms with Gasteiger partial charge in [0.15, 0.2) is 0 Å². The molecule has 12 heavy (non-hydrogen) atoms. The molecule has 0 aromatic heterocycles. The lowest BCUT2D eigenvalue weighted by Crippen LogP contribution is -2.43. The number of likely N-dealkylation sites (tertiary alicyclic amines) is 1. The number of rotatable bonds is 1. The summed E-state index contributed by atoms with van der Waals surface area (Å²) < 4.78 is 0. The van der Waals surface area contributed by atoms with Crippen LogP contribution in [0, 0.1) is 5.92 Å². The fraction of sp³-hybridized carbons (Fsp3) is 0.818. The first kappa shape index (κ1) is 9.79. The van der Waals surface area contributed by atoms with Crippen molar-refractivity contribution in [1.29, 1.82) is 0 Å². The van der Waals surface area contributed by atoms with Crippen LogP contribution in [-0.2, 0) is 0 Å². The molecule has 1 aliphatic rings. The van der Waals surface area contributed by atoms with Gasteiger partial charge in [0.1, 0.15) is 0 Å². The van der Waals surface area contributed by atoms with Gasteiger partial charge in [-0.1, -0.05) is 6.08 Å². The van der Waals surface area contributed by atoms with Gasteiger partial charge < -0.3 is 0 Å². The van der Waals surface area contributed by atoms with E-state index >= 15 is 0 Å². The number of hydrogen-bond acceptors (Lipinski definition) is 1. The number of nitrogens with zero attached hydrogens (tertiary/aromatic N) is 1. The Balaban J connectivity index is 2.63. The smallest absolute Gasteiger partial charge is 0.0128 e. The summed E-state index contributed by atoms with van der Waals surface area (Å²) in [6.45, 7) is 14.2. The van der Waals surface area contributed by atoms with E-state index in [2.05, 4.69) is 45.2 Å². The van der Waals surface area contributed by atoms with Crippen molar-refractivity contribution in [1.82, 2.24) is 4.90 Å². The highest BCUT2D eigenvalue weighted by atomic mass is 15.2. The van der Waals surface area contributed by atoms with Gasteiger partial charge >= 0.3 is 0 Å². The molecule has 1 heterocycles. The van der Waals surface area contributed by atoms with E-state index < -0.39 is 0 Å². The molecule has 0 bridgehead atoms. The van der Waals surface area contributed by atoms with Crippen LogP contribution in [0.1, 0.15) is 34.1 Å². The van der Waals surface area contributed by atoms with E-state index in [1.165, 1.54) is 13.0 Å². The Morgan fingerprint density at radius 3 is 2.25 bits per heavy atom. The highest BCUT2D eigenvalue weighted by molar-refractivity contribution is 4.95. The molecule has 0 aromatic carbocycles. The molecule has 0 amide bonds. The van der Waals surface area contributed by atoms with Crippen LogP contribution in [0.2, 0.25) is 0 Å². The molecule has 0 radical (unpaired) electrons. The van der Waals surface area contributed by atoms with E-state index in [-0.39, 0.29) is 0 Å². The van der Waals surface area contributed by atoms with Crippen LogP contribution >= 0.6 is 0 Å². The highest BCUT2D eigenvalue weighted by Crippen LogP contribution is 2.29. The van der Waals surface area contributed by atoms with E-state index in [0.29, 0.717) is 17.5 Å².